The quantitative estimate of drug-likeness (QED) is 0.372. The van der Waals surface area contributed by atoms with Crippen LogP contribution in [0.4, 0.5) is 5.13 Å². The number of hydrogen-bond acceptors (Lipinski definition) is 8. The molecule has 0 atom stereocenters. The molecule has 0 aliphatic carbocycles. The molecular formula is C24H24N4O4S. The highest BCUT2D eigenvalue weighted by Crippen LogP contribution is 2.34. The minimum Gasteiger partial charge on any atom is -0.497 e. The number of ether oxygens (including phenoxy) is 2. The molecule has 1 N–H and O–H groups in total. The third kappa shape index (κ3) is 5.38. The average Bonchev–Trinajstić information content (AvgIpc) is 3.52. The van der Waals surface area contributed by atoms with Crippen LogP contribution in [-0.2, 0) is 17.6 Å². The summed E-state index contributed by atoms with van der Waals surface area (Å²) in [6, 6.07) is 13.5. The highest BCUT2D eigenvalue weighted by Gasteiger charge is 2.14. The standard InChI is InChI=1S/C24H24N4O4S/c1-4-15-5-7-16(8-6-15)23-27-22(32-28-23)12-11-21(29)26-24-25-19(14-33-24)18-10-9-17(30-2)13-20(18)31-3/h5-10,13-14H,4,11-12H2,1-3H3,(H,25,26,29). The van der Waals surface area contributed by atoms with Crippen molar-refractivity contribution >= 4 is 22.4 Å². The second-order valence-electron chi connectivity index (χ2n) is 7.21. The molecule has 0 radical (unpaired) electrons. The number of nitrogens with zero attached hydrogens (tertiary/aromatic N) is 3. The van der Waals surface area contributed by atoms with Crippen LogP contribution in [-0.4, -0.2) is 35.3 Å². The third-order valence-corrected chi connectivity index (χ3v) is 5.85. The van der Waals surface area contributed by atoms with Crippen LogP contribution in [0, 0.1) is 0 Å². The van der Waals surface area contributed by atoms with Crippen LogP contribution in [0.2, 0.25) is 0 Å². The molecule has 1 amide bonds. The van der Waals surface area contributed by atoms with Crippen molar-refractivity contribution < 1.29 is 18.8 Å². The van der Waals surface area contributed by atoms with Gasteiger partial charge in [0.05, 0.1) is 19.9 Å². The number of methoxy groups -OCH3 is 2. The second kappa shape index (κ2) is 10.3. The van der Waals surface area contributed by atoms with E-state index >= 15 is 0 Å². The number of aromatic nitrogens is 3. The van der Waals surface area contributed by atoms with Crippen molar-refractivity contribution in [2.24, 2.45) is 0 Å². The lowest BCUT2D eigenvalue weighted by Gasteiger charge is -2.08. The molecule has 0 aliphatic rings. The first-order chi connectivity index (χ1) is 16.1. The predicted octanol–water partition coefficient (Wildman–Crippen LogP) is 5.01. The second-order valence-corrected chi connectivity index (χ2v) is 8.07. The SMILES string of the molecule is CCc1ccc(-c2noc(CCC(=O)Nc3nc(-c4ccc(OC)cc4OC)cs3)n2)cc1. The Kier molecular flexibility index (Phi) is 6.99. The molecule has 0 saturated carbocycles. The summed E-state index contributed by atoms with van der Waals surface area (Å²) >= 11 is 1.35. The Balaban J connectivity index is 1.35. The molecule has 0 saturated heterocycles. The number of benzene rings is 2. The Labute approximate surface area is 195 Å². The molecule has 33 heavy (non-hydrogen) atoms. The highest BCUT2D eigenvalue weighted by molar-refractivity contribution is 7.14. The minimum absolute atomic E-state index is 0.176. The lowest BCUT2D eigenvalue weighted by molar-refractivity contribution is -0.116. The molecule has 4 rings (SSSR count). The molecule has 0 spiro atoms. The molecule has 8 nitrogen and oxygen atoms in total. The fourth-order valence-corrected chi connectivity index (χ4v) is 3.96. The molecule has 0 fully saturated rings. The summed E-state index contributed by atoms with van der Waals surface area (Å²) in [6.07, 6.45) is 1.52. The third-order valence-electron chi connectivity index (χ3n) is 5.09. The number of carbonyl (C=O) groups excluding carboxylic acids is 1. The number of carbonyl (C=O) groups is 1. The summed E-state index contributed by atoms with van der Waals surface area (Å²) in [5.74, 6) is 2.11. The van der Waals surface area contributed by atoms with Gasteiger partial charge in [-0.15, -0.1) is 11.3 Å². The molecule has 0 aliphatic heterocycles. The minimum atomic E-state index is -0.176. The average molecular weight is 465 g/mol. The number of amides is 1. The van der Waals surface area contributed by atoms with Crippen molar-refractivity contribution in [1.29, 1.82) is 0 Å². The highest BCUT2D eigenvalue weighted by atomic mass is 32.1. The molecule has 9 heteroatoms. The number of thiazole rings is 1. The van der Waals surface area contributed by atoms with Gasteiger partial charge in [-0.1, -0.05) is 36.3 Å². The molecule has 4 aromatic rings. The van der Waals surface area contributed by atoms with Crippen molar-refractivity contribution in [3.63, 3.8) is 0 Å². The summed E-state index contributed by atoms with van der Waals surface area (Å²) in [7, 11) is 3.19. The Morgan fingerprint density at radius 1 is 1.09 bits per heavy atom. The number of anilines is 1. The van der Waals surface area contributed by atoms with Gasteiger partial charge in [0.1, 0.15) is 11.5 Å². The van der Waals surface area contributed by atoms with Gasteiger partial charge in [0, 0.05) is 35.4 Å². The number of rotatable bonds is 9. The van der Waals surface area contributed by atoms with Crippen molar-refractivity contribution in [3.8, 4) is 34.1 Å². The molecule has 170 valence electrons. The largest absolute Gasteiger partial charge is 0.497 e. The van der Waals surface area contributed by atoms with E-state index in [2.05, 4.69) is 27.4 Å². The van der Waals surface area contributed by atoms with Crippen LogP contribution in [0.5, 0.6) is 11.5 Å². The first kappa shape index (κ1) is 22.5. The zero-order valence-corrected chi connectivity index (χ0v) is 19.4. The Hall–Kier alpha value is -3.72. The van der Waals surface area contributed by atoms with E-state index in [1.807, 2.05) is 41.8 Å². The number of hydrogen-bond donors (Lipinski definition) is 1. The van der Waals surface area contributed by atoms with E-state index in [0.717, 1.165) is 17.5 Å². The molecule has 2 heterocycles. The lowest BCUT2D eigenvalue weighted by atomic mass is 10.1. The Bertz CT molecular complexity index is 1230. The van der Waals surface area contributed by atoms with Gasteiger partial charge in [-0.05, 0) is 24.1 Å². The maximum atomic E-state index is 12.4. The van der Waals surface area contributed by atoms with Gasteiger partial charge >= 0.3 is 0 Å². The first-order valence-electron chi connectivity index (χ1n) is 10.5. The monoisotopic (exact) mass is 464 g/mol. The first-order valence-corrected chi connectivity index (χ1v) is 11.4. The normalized spacial score (nSPS) is 10.8. The molecule has 2 aromatic carbocycles. The number of aryl methyl sites for hydroxylation is 2. The number of nitrogens with one attached hydrogen (secondary N) is 1. The van der Waals surface area contributed by atoms with Crippen LogP contribution in [0.25, 0.3) is 22.6 Å². The van der Waals surface area contributed by atoms with Gasteiger partial charge in [0.15, 0.2) is 5.13 Å². The van der Waals surface area contributed by atoms with E-state index in [1.54, 1.807) is 20.3 Å². The topological polar surface area (TPSA) is 99.4 Å². The van der Waals surface area contributed by atoms with Crippen LogP contribution >= 0.6 is 11.3 Å². The molecule has 0 unspecified atom stereocenters. The fraction of sp³-hybridized carbons (Fsp3) is 0.250. The molecule has 2 aromatic heterocycles. The fourth-order valence-electron chi connectivity index (χ4n) is 3.23. The maximum absolute atomic E-state index is 12.4. The summed E-state index contributed by atoms with van der Waals surface area (Å²) in [6.45, 7) is 2.11. The van der Waals surface area contributed by atoms with E-state index in [9.17, 15) is 4.79 Å². The Morgan fingerprint density at radius 2 is 1.91 bits per heavy atom. The van der Waals surface area contributed by atoms with Gasteiger partial charge in [-0.25, -0.2) is 4.98 Å². The summed E-state index contributed by atoms with van der Waals surface area (Å²) in [4.78, 5) is 21.3. The van der Waals surface area contributed by atoms with Crippen molar-refractivity contribution in [1.82, 2.24) is 15.1 Å². The van der Waals surface area contributed by atoms with Crippen molar-refractivity contribution in [2.75, 3.05) is 19.5 Å². The summed E-state index contributed by atoms with van der Waals surface area (Å²) in [5, 5.41) is 9.23. The zero-order chi connectivity index (χ0) is 23.2. The van der Waals surface area contributed by atoms with E-state index in [0.29, 0.717) is 40.5 Å². The van der Waals surface area contributed by atoms with Gasteiger partial charge in [-0.2, -0.15) is 4.98 Å². The smallest absolute Gasteiger partial charge is 0.227 e. The van der Waals surface area contributed by atoms with Crippen LogP contribution in [0.15, 0.2) is 52.4 Å². The summed E-state index contributed by atoms with van der Waals surface area (Å²) in [5.41, 5.74) is 3.66. The van der Waals surface area contributed by atoms with E-state index < -0.39 is 0 Å². The van der Waals surface area contributed by atoms with Crippen LogP contribution in [0.3, 0.4) is 0 Å². The van der Waals surface area contributed by atoms with Crippen molar-refractivity contribution in [2.45, 2.75) is 26.2 Å². The zero-order valence-electron chi connectivity index (χ0n) is 18.6. The lowest BCUT2D eigenvalue weighted by Crippen LogP contribution is -2.12. The maximum Gasteiger partial charge on any atom is 0.227 e. The Morgan fingerprint density at radius 3 is 2.64 bits per heavy atom. The predicted molar refractivity (Wildman–Crippen MR) is 127 cm³/mol. The van der Waals surface area contributed by atoms with E-state index in [-0.39, 0.29) is 12.3 Å². The van der Waals surface area contributed by atoms with Gasteiger partial charge in [-0.3, -0.25) is 4.79 Å². The molecule has 0 bridgehead atoms. The van der Waals surface area contributed by atoms with Crippen LogP contribution in [0.1, 0.15) is 24.8 Å². The van der Waals surface area contributed by atoms with Crippen LogP contribution < -0.4 is 14.8 Å². The van der Waals surface area contributed by atoms with E-state index in [1.165, 1.54) is 16.9 Å². The van der Waals surface area contributed by atoms with Gasteiger partial charge < -0.3 is 19.3 Å². The van der Waals surface area contributed by atoms with Crippen molar-refractivity contribution in [3.05, 3.63) is 59.3 Å². The van der Waals surface area contributed by atoms with Gasteiger partial charge in [0.2, 0.25) is 17.6 Å². The summed E-state index contributed by atoms with van der Waals surface area (Å²) < 4.78 is 16.0. The van der Waals surface area contributed by atoms with E-state index in [4.69, 9.17) is 14.0 Å². The molecular weight excluding hydrogens is 440 g/mol. The van der Waals surface area contributed by atoms with Gasteiger partial charge in [0.25, 0.3) is 0 Å².